The lowest BCUT2D eigenvalue weighted by Crippen LogP contribution is -2.56. The quantitative estimate of drug-likeness (QED) is 0.473. The summed E-state index contributed by atoms with van der Waals surface area (Å²) in [7, 11) is 0. The Balaban J connectivity index is 1.74. The van der Waals surface area contributed by atoms with Crippen LogP contribution in [0.5, 0.6) is 0 Å². The number of nitrogens with zero attached hydrogens (tertiary/aromatic N) is 2. The number of hydrazine groups is 1. The van der Waals surface area contributed by atoms with E-state index in [1.165, 1.54) is 12.1 Å². The van der Waals surface area contributed by atoms with Crippen molar-refractivity contribution in [2.24, 2.45) is 17.8 Å². The second-order valence-corrected chi connectivity index (χ2v) is 9.62. The van der Waals surface area contributed by atoms with E-state index in [0.717, 1.165) is 22.0 Å². The maximum Gasteiger partial charge on any atom is 0.273 e. The van der Waals surface area contributed by atoms with Crippen LogP contribution in [0.3, 0.4) is 0 Å². The fourth-order valence-corrected chi connectivity index (χ4v) is 4.95. The molecule has 0 spiro atoms. The number of aryl methyl sites for hydroxylation is 1. The van der Waals surface area contributed by atoms with Crippen LogP contribution in [-0.4, -0.2) is 39.6 Å². The first-order valence-electron chi connectivity index (χ1n) is 11.3. The summed E-state index contributed by atoms with van der Waals surface area (Å²) in [6.07, 6.45) is 2.07. The van der Waals surface area contributed by atoms with Gasteiger partial charge in [0, 0.05) is 16.1 Å². The van der Waals surface area contributed by atoms with Gasteiger partial charge in [-0.2, -0.15) is 5.01 Å². The highest BCUT2D eigenvalue weighted by atomic mass is 35.5. The van der Waals surface area contributed by atoms with Gasteiger partial charge in [0.15, 0.2) is 5.78 Å². The van der Waals surface area contributed by atoms with Crippen molar-refractivity contribution in [2.45, 2.75) is 46.1 Å². The molecule has 0 radical (unpaired) electrons. The molecule has 0 N–H and O–H groups in total. The highest BCUT2D eigenvalue weighted by Gasteiger charge is 2.53. The van der Waals surface area contributed by atoms with Gasteiger partial charge in [0.05, 0.1) is 11.8 Å². The van der Waals surface area contributed by atoms with E-state index in [-0.39, 0.29) is 11.3 Å². The normalized spacial score (nSPS) is 23.3. The standard InChI is InChI=1S/C26H27ClN2O4/c1-15-4-7-18(8-5-15)23(30)17(3)28(24(31)19-9-11-20(27)12-10-19)29-25(32)21-13-6-16(2)14-22(21)26(29)33/h4-5,7-12,16-17,21-22H,6,13-14H2,1-3H3/t16-,17-,21+,22-/m0/s1. The third-order valence-corrected chi connectivity index (χ3v) is 7.01. The molecular formula is C26H27ClN2O4. The van der Waals surface area contributed by atoms with Crippen LogP contribution in [-0.2, 0) is 9.59 Å². The number of fused-ring (bicyclic) bond motifs is 1. The molecule has 0 bridgehead atoms. The number of carbonyl (C=O) groups excluding carboxylic acids is 4. The zero-order chi connectivity index (χ0) is 23.9. The van der Waals surface area contributed by atoms with E-state index in [9.17, 15) is 19.2 Å². The van der Waals surface area contributed by atoms with Gasteiger partial charge in [-0.3, -0.25) is 19.2 Å². The maximum absolute atomic E-state index is 13.6. The van der Waals surface area contributed by atoms with E-state index >= 15 is 0 Å². The van der Waals surface area contributed by atoms with Gasteiger partial charge in [0.2, 0.25) is 0 Å². The van der Waals surface area contributed by atoms with Crippen molar-refractivity contribution >= 4 is 35.1 Å². The predicted molar refractivity (Wildman–Crippen MR) is 124 cm³/mol. The van der Waals surface area contributed by atoms with Gasteiger partial charge in [0.25, 0.3) is 17.7 Å². The summed E-state index contributed by atoms with van der Waals surface area (Å²) in [5.41, 5.74) is 1.65. The van der Waals surface area contributed by atoms with Gasteiger partial charge in [0.1, 0.15) is 6.04 Å². The van der Waals surface area contributed by atoms with Crippen LogP contribution in [0.25, 0.3) is 0 Å². The molecule has 2 aromatic carbocycles. The lowest BCUT2D eigenvalue weighted by molar-refractivity contribution is -0.156. The Morgan fingerprint density at radius 2 is 1.52 bits per heavy atom. The molecule has 33 heavy (non-hydrogen) atoms. The second kappa shape index (κ2) is 9.10. The zero-order valence-electron chi connectivity index (χ0n) is 19.0. The van der Waals surface area contributed by atoms with Crippen LogP contribution in [0.15, 0.2) is 48.5 Å². The molecule has 1 aliphatic heterocycles. The van der Waals surface area contributed by atoms with Crippen LogP contribution < -0.4 is 0 Å². The molecule has 3 amide bonds. The molecule has 2 aliphatic rings. The Morgan fingerprint density at radius 1 is 0.939 bits per heavy atom. The van der Waals surface area contributed by atoms with E-state index in [1.807, 2.05) is 19.1 Å². The summed E-state index contributed by atoms with van der Waals surface area (Å²) in [6.45, 7) is 5.54. The van der Waals surface area contributed by atoms with Crippen molar-refractivity contribution < 1.29 is 19.2 Å². The third kappa shape index (κ3) is 4.32. The fourth-order valence-electron chi connectivity index (χ4n) is 4.82. The number of rotatable bonds is 5. The smallest absolute Gasteiger partial charge is 0.273 e. The molecule has 2 aromatic rings. The van der Waals surface area contributed by atoms with E-state index in [1.54, 1.807) is 31.2 Å². The topological polar surface area (TPSA) is 74.8 Å². The minimum Gasteiger partial charge on any atom is -0.292 e. The number of amides is 3. The molecule has 1 saturated heterocycles. The molecule has 7 heteroatoms. The SMILES string of the molecule is Cc1ccc(C(=O)[C@H](C)N(C(=O)c2ccc(Cl)cc2)N2C(=O)[C@H]3C[C@@H](C)CC[C@H]3C2=O)cc1. The Hall–Kier alpha value is -2.99. The minimum atomic E-state index is -1.05. The van der Waals surface area contributed by atoms with Crippen molar-refractivity contribution in [3.8, 4) is 0 Å². The van der Waals surface area contributed by atoms with Gasteiger partial charge in [-0.15, -0.1) is 0 Å². The van der Waals surface area contributed by atoms with Crippen LogP contribution in [0, 0.1) is 24.7 Å². The number of imide groups is 1. The summed E-state index contributed by atoms with van der Waals surface area (Å²) in [4.78, 5) is 53.8. The summed E-state index contributed by atoms with van der Waals surface area (Å²) in [5, 5.41) is 2.45. The summed E-state index contributed by atoms with van der Waals surface area (Å²) in [5.74, 6) is -2.31. The van der Waals surface area contributed by atoms with Crippen molar-refractivity contribution in [3.63, 3.8) is 0 Å². The maximum atomic E-state index is 13.6. The molecule has 6 nitrogen and oxygen atoms in total. The summed E-state index contributed by atoms with van der Waals surface area (Å²) < 4.78 is 0. The first-order valence-corrected chi connectivity index (χ1v) is 11.6. The average molecular weight is 467 g/mol. The first-order chi connectivity index (χ1) is 15.7. The predicted octanol–water partition coefficient (Wildman–Crippen LogP) is 4.70. The van der Waals surface area contributed by atoms with Gasteiger partial charge in [-0.1, -0.05) is 48.4 Å². The molecule has 4 atom stereocenters. The van der Waals surface area contributed by atoms with Crippen molar-refractivity contribution in [3.05, 3.63) is 70.2 Å². The monoisotopic (exact) mass is 466 g/mol. The molecule has 1 saturated carbocycles. The second-order valence-electron chi connectivity index (χ2n) is 9.18. The Morgan fingerprint density at radius 3 is 2.15 bits per heavy atom. The average Bonchev–Trinajstić information content (AvgIpc) is 3.04. The van der Waals surface area contributed by atoms with Crippen LogP contribution in [0.1, 0.15) is 59.4 Å². The molecule has 0 aromatic heterocycles. The van der Waals surface area contributed by atoms with Gasteiger partial charge >= 0.3 is 0 Å². The Labute approximate surface area is 198 Å². The number of Topliss-reactive ketones (excluding diaryl/α,β-unsaturated/α-hetero) is 1. The number of ketones is 1. The molecule has 172 valence electrons. The van der Waals surface area contributed by atoms with Gasteiger partial charge in [-0.05, 0) is 63.3 Å². The van der Waals surface area contributed by atoms with Crippen LogP contribution in [0.2, 0.25) is 5.02 Å². The third-order valence-electron chi connectivity index (χ3n) is 6.76. The minimum absolute atomic E-state index is 0.242. The molecule has 1 aliphatic carbocycles. The van der Waals surface area contributed by atoms with Crippen molar-refractivity contribution in [2.75, 3.05) is 0 Å². The van der Waals surface area contributed by atoms with E-state index in [0.29, 0.717) is 29.3 Å². The summed E-state index contributed by atoms with van der Waals surface area (Å²) in [6, 6.07) is 12.1. The number of carbonyl (C=O) groups is 4. The van der Waals surface area contributed by atoms with Gasteiger partial charge < -0.3 is 0 Å². The lowest BCUT2D eigenvalue weighted by atomic mass is 9.76. The molecule has 2 fully saturated rings. The van der Waals surface area contributed by atoms with Crippen LogP contribution >= 0.6 is 11.6 Å². The van der Waals surface area contributed by atoms with E-state index in [2.05, 4.69) is 6.92 Å². The lowest BCUT2D eigenvalue weighted by Gasteiger charge is -2.34. The highest BCUT2D eigenvalue weighted by Crippen LogP contribution is 2.41. The number of benzene rings is 2. The van der Waals surface area contributed by atoms with E-state index in [4.69, 9.17) is 11.6 Å². The van der Waals surface area contributed by atoms with Crippen LogP contribution in [0.4, 0.5) is 0 Å². The fraction of sp³-hybridized carbons (Fsp3) is 0.385. The number of hydrogen-bond acceptors (Lipinski definition) is 4. The Kier molecular flexibility index (Phi) is 6.39. The van der Waals surface area contributed by atoms with E-state index < -0.39 is 35.6 Å². The number of hydrogen-bond donors (Lipinski definition) is 0. The van der Waals surface area contributed by atoms with Crippen molar-refractivity contribution in [1.29, 1.82) is 0 Å². The molecule has 0 unspecified atom stereocenters. The Bertz CT molecular complexity index is 1100. The largest absolute Gasteiger partial charge is 0.292 e. The highest BCUT2D eigenvalue weighted by molar-refractivity contribution is 6.30. The number of halogens is 1. The summed E-state index contributed by atoms with van der Waals surface area (Å²) >= 11 is 5.97. The van der Waals surface area contributed by atoms with Gasteiger partial charge in [-0.25, -0.2) is 5.01 Å². The van der Waals surface area contributed by atoms with Crippen molar-refractivity contribution in [1.82, 2.24) is 10.0 Å². The first kappa shape index (κ1) is 23.2. The molecular weight excluding hydrogens is 440 g/mol. The molecule has 4 rings (SSSR count). The molecule has 1 heterocycles. The zero-order valence-corrected chi connectivity index (χ0v) is 19.7.